The van der Waals surface area contributed by atoms with E-state index in [-0.39, 0.29) is 20.9 Å². The van der Waals surface area contributed by atoms with Gasteiger partial charge in [0.25, 0.3) is 16.8 Å². The number of benzene rings is 2. The van der Waals surface area contributed by atoms with Crippen molar-refractivity contribution in [1.29, 1.82) is 0 Å². The highest BCUT2D eigenvalue weighted by Gasteiger charge is 2.36. The Morgan fingerprint density at radius 1 is 1.29 bits per heavy atom. The van der Waals surface area contributed by atoms with Crippen LogP contribution in [0.1, 0.15) is 5.56 Å². The summed E-state index contributed by atoms with van der Waals surface area (Å²) in [6.45, 7) is -0.558. The molecule has 2 N–H and O–H groups in total. The molecule has 1 aliphatic heterocycles. The number of carbonyl (C=O) groups excluding carboxylic acids is 3. The molecule has 0 aliphatic carbocycles. The van der Waals surface area contributed by atoms with E-state index in [4.69, 9.17) is 14.7 Å². The summed E-state index contributed by atoms with van der Waals surface area (Å²) >= 11 is 3.79. The molecule has 0 saturated carbocycles. The van der Waals surface area contributed by atoms with Crippen molar-refractivity contribution < 1.29 is 36.6 Å². The van der Waals surface area contributed by atoms with E-state index in [1.807, 2.05) is 0 Å². The maximum atomic E-state index is 12.7. The molecule has 2 aromatic rings. The van der Waals surface area contributed by atoms with Crippen LogP contribution >= 0.6 is 27.7 Å². The molecule has 0 atom stereocenters. The van der Waals surface area contributed by atoms with Gasteiger partial charge in [0.15, 0.2) is 11.5 Å². The lowest BCUT2D eigenvalue weighted by Gasteiger charge is -2.13. The van der Waals surface area contributed by atoms with Crippen LogP contribution in [0.2, 0.25) is 0 Å². The van der Waals surface area contributed by atoms with Crippen LogP contribution in [0.3, 0.4) is 0 Å². The van der Waals surface area contributed by atoms with Crippen molar-refractivity contribution in [3.8, 4) is 11.5 Å². The van der Waals surface area contributed by atoms with Crippen LogP contribution < -0.4 is 14.7 Å². The minimum Gasteiger partial charge on any atom is -0.493 e. The molecule has 3 amide bonds. The average Bonchev–Trinajstić information content (AvgIpc) is 3.02. The van der Waals surface area contributed by atoms with Crippen molar-refractivity contribution in [1.82, 2.24) is 4.90 Å². The van der Waals surface area contributed by atoms with E-state index in [0.717, 1.165) is 18.2 Å². The summed E-state index contributed by atoms with van der Waals surface area (Å²) in [5, 5.41) is 10.3. The third kappa shape index (κ3) is 5.37. The summed E-state index contributed by atoms with van der Waals surface area (Å²) in [6.07, 6.45) is 1.35. The Kier molecular flexibility index (Phi) is 7.28. The highest BCUT2D eigenvalue weighted by Crippen LogP contribution is 2.40. The van der Waals surface area contributed by atoms with Gasteiger partial charge in [0.2, 0.25) is 5.91 Å². The SMILES string of the molecule is COc1cc(/C=C2\SC(=O)N(CC(N)=O)C2=O)cc(Br)c1OS(=O)(=O)c1cccc([N+](=O)[O-])c1. The van der Waals surface area contributed by atoms with Gasteiger partial charge in [-0.05, 0) is 57.5 Å². The lowest BCUT2D eigenvalue weighted by Crippen LogP contribution is -2.36. The van der Waals surface area contributed by atoms with Crippen LogP contribution in [-0.2, 0) is 19.7 Å². The van der Waals surface area contributed by atoms with Crippen molar-refractivity contribution in [3.05, 3.63) is 61.5 Å². The number of hydrogen-bond acceptors (Lipinski definition) is 10. The number of nitro benzene ring substituents is 1. The molecule has 0 spiro atoms. The third-order valence-corrected chi connectivity index (χ3v) is 6.96. The van der Waals surface area contributed by atoms with E-state index < -0.39 is 49.2 Å². The Balaban J connectivity index is 1.94. The molecule has 2 aromatic carbocycles. The molecule has 3 rings (SSSR count). The van der Waals surface area contributed by atoms with Crippen molar-refractivity contribution in [2.75, 3.05) is 13.7 Å². The van der Waals surface area contributed by atoms with Crippen LogP contribution in [-0.4, -0.2) is 48.9 Å². The number of nitro groups is 1. The summed E-state index contributed by atoms with van der Waals surface area (Å²) in [5.74, 6) is -1.85. The first kappa shape index (κ1) is 25.2. The maximum absolute atomic E-state index is 12.7. The highest BCUT2D eigenvalue weighted by atomic mass is 79.9. The second-order valence-electron chi connectivity index (χ2n) is 6.56. The van der Waals surface area contributed by atoms with Gasteiger partial charge in [-0.2, -0.15) is 8.42 Å². The predicted molar refractivity (Wildman–Crippen MR) is 123 cm³/mol. The van der Waals surface area contributed by atoms with E-state index in [9.17, 15) is 32.9 Å². The Bertz CT molecular complexity index is 1360. The number of halogens is 1. The molecule has 1 saturated heterocycles. The minimum atomic E-state index is -4.48. The topological polar surface area (TPSA) is 176 Å². The number of amides is 3. The van der Waals surface area contributed by atoms with Crippen LogP contribution in [0.15, 0.2) is 50.7 Å². The molecule has 0 aromatic heterocycles. The molecule has 0 bridgehead atoms. The Morgan fingerprint density at radius 3 is 2.62 bits per heavy atom. The normalized spacial score (nSPS) is 15.0. The van der Waals surface area contributed by atoms with Crippen molar-refractivity contribution in [2.45, 2.75) is 4.90 Å². The summed E-state index contributed by atoms with van der Waals surface area (Å²) in [7, 11) is -3.23. The number of hydrogen-bond donors (Lipinski definition) is 1. The predicted octanol–water partition coefficient (Wildman–Crippen LogP) is 2.66. The first-order valence-corrected chi connectivity index (χ1v) is 12.0. The standard InChI is InChI=1S/C19H14BrN3O9S2/c1-31-14-6-10(7-15-18(25)22(9-16(21)24)19(26)33-15)5-13(20)17(14)32-34(29,30)12-4-2-3-11(8-12)23(27)28/h2-8H,9H2,1H3,(H2,21,24)/b15-7-. The first-order chi connectivity index (χ1) is 15.9. The zero-order valence-electron chi connectivity index (χ0n) is 17.1. The van der Waals surface area contributed by atoms with Gasteiger partial charge in [-0.1, -0.05) is 6.07 Å². The number of non-ortho nitro benzene ring substituents is 1. The van der Waals surface area contributed by atoms with Gasteiger partial charge in [-0.15, -0.1) is 0 Å². The number of nitrogens with two attached hydrogens (primary N) is 1. The molecule has 1 fully saturated rings. The second kappa shape index (κ2) is 9.82. The molecule has 15 heteroatoms. The number of nitrogens with zero attached hydrogens (tertiary/aromatic N) is 2. The molecule has 1 aliphatic rings. The quantitative estimate of drug-likeness (QED) is 0.214. The van der Waals surface area contributed by atoms with Crippen LogP contribution in [0.5, 0.6) is 11.5 Å². The average molecular weight is 572 g/mol. The molecular formula is C19H14BrN3O9S2. The number of rotatable bonds is 8. The van der Waals surface area contributed by atoms with Crippen LogP contribution in [0, 0.1) is 10.1 Å². The van der Waals surface area contributed by atoms with Crippen molar-refractivity contribution >= 4 is 66.6 Å². The fraction of sp³-hybridized carbons (Fsp3) is 0.105. The second-order valence-corrected chi connectivity index (χ2v) is 9.95. The van der Waals surface area contributed by atoms with Gasteiger partial charge >= 0.3 is 10.1 Å². The number of primary amides is 1. The van der Waals surface area contributed by atoms with Gasteiger partial charge in [0.05, 0.1) is 21.4 Å². The number of carbonyl (C=O) groups is 3. The lowest BCUT2D eigenvalue weighted by atomic mass is 10.2. The molecule has 12 nitrogen and oxygen atoms in total. The zero-order valence-corrected chi connectivity index (χ0v) is 20.3. The highest BCUT2D eigenvalue weighted by molar-refractivity contribution is 9.10. The Morgan fingerprint density at radius 2 is 2.00 bits per heavy atom. The van der Waals surface area contributed by atoms with E-state index in [1.54, 1.807) is 0 Å². The monoisotopic (exact) mass is 571 g/mol. The molecule has 1 heterocycles. The van der Waals surface area contributed by atoms with E-state index in [1.165, 1.54) is 31.4 Å². The van der Waals surface area contributed by atoms with E-state index >= 15 is 0 Å². The zero-order chi connectivity index (χ0) is 25.2. The summed E-state index contributed by atoms with van der Waals surface area (Å²) < 4.78 is 35.9. The molecule has 178 valence electrons. The molecule has 0 unspecified atom stereocenters. The van der Waals surface area contributed by atoms with Gasteiger partial charge < -0.3 is 14.7 Å². The Hall–Kier alpha value is -3.43. The molecule has 34 heavy (non-hydrogen) atoms. The van der Waals surface area contributed by atoms with E-state index in [2.05, 4.69) is 15.9 Å². The largest absolute Gasteiger partial charge is 0.493 e. The van der Waals surface area contributed by atoms with Crippen LogP contribution in [0.4, 0.5) is 10.5 Å². The number of imide groups is 1. The summed E-state index contributed by atoms with van der Waals surface area (Å²) in [6, 6.07) is 7.09. The van der Waals surface area contributed by atoms with Gasteiger partial charge in [0, 0.05) is 12.1 Å². The van der Waals surface area contributed by atoms with Gasteiger partial charge in [0.1, 0.15) is 11.4 Å². The fourth-order valence-electron chi connectivity index (χ4n) is 2.76. The molecule has 0 radical (unpaired) electrons. The van der Waals surface area contributed by atoms with Crippen LogP contribution in [0.25, 0.3) is 6.08 Å². The van der Waals surface area contributed by atoms with E-state index in [0.29, 0.717) is 22.2 Å². The third-order valence-electron chi connectivity index (χ3n) is 4.25. The maximum Gasteiger partial charge on any atom is 0.339 e. The minimum absolute atomic E-state index is 0.0121. The van der Waals surface area contributed by atoms with Crippen molar-refractivity contribution in [3.63, 3.8) is 0 Å². The lowest BCUT2D eigenvalue weighted by molar-refractivity contribution is -0.385. The Labute approximate surface area is 205 Å². The fourth-order valence-corrected chi connectivity index (χ4v) is 5.24. The van der Waals surface area contributed by atoms with Gasteiger partial charge in [-0.3, -0.25) is 29.4 Å². The van der Waals surface area contributed by atoms with Gasteiger partial charge in [-0.25, -0.2) is 0 Å². The number of ether oxygens (including phenoxy) is 1. The summed E-state index contributed by atoms with van der Waals surface area (Å²) in [5.41, 5.74) is 4.96. The molecular weight excluding hydrogens is 558 g/mol. The smallest absolute Gasteiger partial charge is 0.339 e. The number of thioether (sulfide) groups is 1. The summed E-state index contributed by atoms with van der Waals surface area (Å²) in [4.78, 5) is 45.9. The number of methoxy groups -OCH3 is 1. The first-order valence-electron chi connectivity index (χ1n) is 9.03. The van der Waals surface area contributed by atoms with Crippen molar-refractivity contribution in [2.24, 2.45) is 5.73 Å².